The van der Waals surface area contributed by atoms with Crippen molar-refractivity contribution in [3.63, 3.8) is 0 Å². The molecule has 0 aliphatic carbocycles. The van der Waals surface area contributed by atoms with Crippen molar-refractivity contribution in [1.82, 2.24) is 0 Å². The number of carboxylic acid groups (broad SMARTS) is 2. The van der Waals surface area contributed by atoms with Crippen LogP contribution in [0.5, 0.6) is 0 Å². The molecule has 0 unspecified atom stereocenters. The molecule has 0 saturated carbocycles. The molecule has 4 heteroatoms. The minimum Gasteiger partial charge on any atom is -0.481 e. The number of hydrogen-bond acceptors (Lipinski definition) is 2. The first-order valence-corrected chi connectivity index (χ1v) is 16.3. The third kappa shape index (κ3) is 31.9. The molecule has 0 aromatic carbocycles. The van der Waals surface area contributed by atoms with Gasteiger partial charge in [-0.05, 0) is 96.3 Å². The summed E-state index contributed by atoms with van der Waals surface area (Å²) in [6.07, 6.45) is 44.7. The summed E-state index contributed by atoms with van der Waals surface area (Å²) in [6, 6.07) is 0. The molecule has 0 amide bonds. The van der Waals surface area contributed by atoms with Gasteiger partial charge >= 0.3 is 11.9 Å². The third-order valence-corrected chi connectivity index (χ3v) is 6.97. The number of carbonyl (C=O) groups is 2. The van der Waals surface area contributed by atoms with E-state index in [2.05, 4.69) is 61.6 Å². The summed E-state index contributed by atoms with van der Waals surface area (Å²) in [5.41, 5.74) is 1.60. The predicted molar refractivity (Wildman–Crippen MR) is 172 cm³/mol. The Morgan fingerprint density at radius 3 is 1.43 bits per heavy atom. The summed E-state index contributed by atoms with van der Waals surface area (Å²) in [5, 5.41) is 17.3. The normalized spacial score (nSPS) is 12.6. The topological polar surface area (TPSA) is 74.6 Å². The molecule has 0 rings (SSSR count). The SMILES string of the molecule is CCCCCC=C(CC=CCC=CCCCCC(=O)O)CCCCCCCCC=CCC=CCCCCC(=O)O. The van der Waals surface area contributed by atoms with Gasteiger partial charge in [-0.2, -0.15) is 0 Å². The summed E-state index contributed by atoms with van der Waals surface area (Å²) in [6.45, 7) is 2.26. The molecule has 0 aromatic rings. The van der Waals surface area contributed by atoms with Gasteiger partial charge in [-0.25, -0.2) is 0 Å². The van der Waals surface area contributed by atoms with E-state index in [1.165, 1.54) is 77.0 Å². The lowest BCUT2D eigenvalue weighted by Crippen LogP contribution is -1.92. The van der Waals surface area contributed by atoms with Gasteiger partial charge in [-0.1, -0.05) is 106 Å². The van der Waals surface area contributed by atoms with Crippen LogP contribution in [0.1, 0.15) is 155 Å². The van der Waals surface area contributed by atoms with Crippen LogP contribution >= 0.6 is 0 Å². The van der Waals surface area contributed by atoms with Crippen LogP contribution in [-0.2, 0) is 9.59 Å². The Balaban J connectivity index is 3.91. The van der Waals surface area contributed by atoms with Crippen molar-refractivity contribution in [1.29, 1.82) is 0 Å². The Labute approximate surface area is 246 Å². The first-order valence-electron chi connectivity index (χ1n) is 16.3. The summed E-state index contributed by atoms with van der Waals surface area (Å²) < 4.78 is 0. The van der Waals surface area contributed by atoms with Crippen molar-refractivity contribution >= 4 is 11.9 Å². The first kappa shape index (κ1) is 37.6. The molecule has 0 bridgehead atoms. The van der Waals surface area contributed by atoms with E-state index in [-0.39, 0.29) is 12.8 Å². The monoisotopic (exact) mass is 556 g/mol. The van der Waals surface area contributed by atoms with E-state index in [0.717, 1.165) is 57.8 Å². The zero-order chi connectivity index (χ0) is 29.4. The van der Waals surface area contributed by atoms with Crippen molar-refractivity contribution in [3.8, 4) is 0 Å². The molecule has 4 nitrogen and oxygen atoms in total. The van der Waals surface area contributed by atoms with Crippen LogP contribution in [0.4, 0.5) is 0 Å². The molecule has 0 spiro atoms. The van der Waals surface area contributed by atoms with Gasteiger partial charge in [0.25, 0.3) is 0 Å². The Morgan fingerprint density at radius 1 is 0.475 bits per heavy atom. The maximum atomic E-state index is 10.5. The highest BCUT2D eigenvalue weighted by Crippen LogP contribution is 2.17. The average molecular weight is 557 g/mol. The van der Waals surface area contributed by atoms with Gasteiger partial charge in [-0.3, -0.25) is 9.59 Å². The summed E-state index contributed by atoms with van der Waals surface area (Å²) >= 11 is 0. The molecular formula is C36H60O4. The lowest BCUT2D eigenvalue weighted by Gasteiger charge is -2.06. The number of aliphatic carboxylic acids is 2. The smallest absolute Gasteiger partial charge is 0.303 e. The van der Waals surface area contributed by atoms with Gasteiger partial charge in [-0.15, -0.1) is 0 Å². The van der Waals surface area contributed by atoms with E-state index < -0.39 is 11.9 Å². The molecule has 40 heavy (non-hydrogen) atoms. The minimum absolute atomic E-state index is 0.277. The molecule has 0 atom stereocenters. The van der Waals surface area contributed by atoms with Gasteiger partial charge in [0, 0.05) is 12.8 Å². The standard InChI is InChI=1S/C36H60O4/c1-2-3-4-24-29-34(31-26-21-17-14-15-19-23-28-33-36(39)40)30-25-20-16-12-10-8-6-5-7-9-11-13-18-22-27-32-35(37)38/h5,7,11,13-15,21,26,29H,2-4,6,8-10,12,16-20,22-25,27-28,30-33H2,1H3,(H,37,38)(H,39,40). The molecule has 0 radical (unpaired) electrons. The van der Waals surface area contributed by atoms with Crippen LogP contribution < -0.4 is 0 Å². The number of hydrogen-bond donors (Lipinski definition) is 2. The van der Waals surface area contributed by atoms with Gasteiger partial charge in [0.05, 0.1) is 0 Å². The molecule has 0 saturated heterocycles. The molecule has 0 fully saturated rings. The van der Waals surface area contributed by atoms with E-state index in [1.54, 1.807) is 5.57 Å². The second kappa shape index (κ2) is 31.2. The maximum absolute atomic E-state index is 10.5. The van der Waals surface area contributed by atoms with E-state index in [0.29, 0.717) is 0 Å². The lowest BCUT2D eigenvalue weighted by atomic mass is 10.0. The van der Waals surface area contributed by atoms with Crippen LogP contribution in [0.25, 0.3) is 0 Å². The fraction of sp³-hybridized carbons (Fsp3) is 0.667. The molecule has 0 aliphatic heterocycles. The molecule has 0 aromatic heterocycles. The van der Waals surface area contributed by atoms with E-state index >= 15 is 0 Å². The van der Waals surface area contributed by atoms with Gasteiger partial charge < -0.3 is 10.2 Å². The van der Waals surface area contributed by atoms with Crippen molar-refractivity contribution in [3.05, 3.63) is 60.3 Å². The molecular weight excluding hydrogens is 496 g/mol. The predicted octanol–water partition coefficient (Wildman–Crippen LogP) is 11.3. The first-order chi connectivity index (χ1) is 19.6. The Hall–Kier alpha value is -2.36. The van der Waals surface area contributed by atoms with Crippen LogP contribution in [0, 0.1) is 0 Å². The Morgan fingerprint density at radius 2 is 0.900 bits per heavy atom. The number of allylic oxidation sites excluding steroid dienone is 10. The highest BCUT2D eigenvalue weighted by Gasteiger charge is 1.98. The van der Waals surface area contributed by atoms with Crippen LogP contribution in [0.3, 0.4) is 0 Å². The van der Waals surface area contributed by atoms with Crippen LogP contribution in [-0.4, -0.2) is 22.2 Å². The molecule has 228 valence electrons. The van der Waals surface area contributed by atoms with Crippen LogP contribution in [0.2, 0.25) is 0 Å². The fourth-order valence-electron chi connectivity index (χ4n) is 4.52. The third-order valence-electron chi connectivity index (χ3n) is 6.97. The summed E-state index contributed by atoms with van der Waals surface area (Å²) in [4.78, 5) is 21.0. The van der Waals surface area contributed by atoms with Gasteiger partial charge in [0.2, 0.25) is 0 Å². The summed E-state index contributed by atoms with van der Waals surface area (Å²) in [5.74, 6) is -1.40. The maximum Gasteiger partial charge on any atom is 0.303 e. The molecule has 0 heterocycles. The zero-order valence-electron chi connectivity index (χ0n) is 25.7. The lowest BCUT2D eigenvalue weighted by molar-refractivity contribution is -0.138. The van der Waals surface area contributed by atoms with E-state index in [4.69, 9.17) is 10.2 Å². The van der Waals surface area contributed by atoms with E-state index in [1.807, 2.05) is 0 Å². The fourth-order valence-corrected chi connectivity index (χ4v) is 4.52. The van der Waals surface area contributed by atoms with Crippen molar-refractivity contribution < 1.29 is 19.8 Å². The van der Waals surface area contributed by atoms with E-state index in [9.17, 15) is 9.59 Å². The second-order valence-electron chi connectivity index (χ2n) is 10.9. The van der Waals surface area contributed by atoms with Crippen molar-refractivity contribution in [2.45, 2.75) is 155 Å². The minimum atomic E-state index is -0.699. The zero-order valence-corrected chi connectivity index (χ0v) is 25.7. The largest absolute Gasteiger partial charge is 0.481 e. The number of rotatable bonds is 29. The highest BCUT2D eigenvalue weighted by atomic mass is 16.4. The van der Waals surface area contributed by atoms with Gasteiger partial charge in [0.1, 0.15) is 0 Å². The van der Waals surface area contributed by atoms with Crippen molar-refractivity contribution in [2.24, 2.45) is 0 Å². The quantitative estimate of drug-likeness (QED) is 0.0709. The second-order valence-corrected chi connectivity index (χ2v) is 10.9. The van der Waals surface area contributed by atoms with Crippen molar-refractivity contribution in [2.75, 3.05) is 0 Å². The average Bonchev–Trinajstić information content (AvgIpc) is 2.92. The Kier molecular flexibility index (Phi) is 29.3. The van der Waals surface area contributed by atoms with Crippen LogP contribution in [0.15, 0.2) is 60.3 Å². The van der Waals surface area contributed by atoms with Gasteiger partial charge in [0.15, 0.2) is 0 Å². The summed E-state index contributed by atoms with van der Waals surface area (Å²) in [7, 11) is 0. The number of unbranched alkanes of at least 4 members (excludes halogenated alkanes) is 13. The Bertz CT molecular complexity index is 742. The molecule has 2 N–H and O–H groups in total. The number of carboxylic acids is 2. The highest BCUT2D eigenvalue weighted by molar-refractivity contribution is 5.66. The molecule has 0 aliphatic rings.